The van der Waals surface area contributed by atoms with Crippen LogP contribution in [-0.4, -0.2) is 16.9 Å². The van der Waals surface area contributed by atoms with E-state index in [-0.39, 0.29) is 11.4 Å². The van der Waals surface area contributed by atoms with Crippen LogP contribution in [0.15, 0.2) is 5.38 Å². The van der Waals surface area contributed by atoms with Crippen molar-refractivity contribution in [3.05, 3.63) is 16.1 Å². The number of hydrogen-bond donors (Lipinski definition) is 2. The van der Waals surface area contributed by atoms with E-state index in [1.165, 1.54) is 0 Å². The van der Waals surface area contributed by atoms with E-state index in [2.05, 4.69) is 10.3 Å². The Hall–Kier alpha value is -0.940. The molecule has 1 aromatic heterocycles. The first-order chi connectivity index (χ1) is 7.53. The lowest BCUT2D eigenvalue weighted by atomic mass is 9.77. The first kappa shape index (κ1) is 11.5. The minimum absolute atomic E-state index is 0.0902. The van der Waals surface area contributed by atoms with Gasteiger partial charge in [0.1, 0.15) is 5.01 Å². The third-order valence-electron chi connectivity index (χ3n) is 3.01. The molecule has 1 heterocycles. The monoisotopic (exact) mass is 239 g/mol. The topological polar surface area (TPSA) is 68.0 Å². The van der Waals surface area contributed by atoms with Crippen molar-refractivity contribution in [1.82, 2.24) is 10.3 Å². The highest BCUT2D eigenvalue weighted by Crippen LogP contribution is 2.42. The summed E-state index contributed by atoms with van der Waals surface area (Å²) >= 11 is 1.62. The molecule has 0 radical (unpaired) electrons. The van der Waals surface area contributed by atoms with Gasteiger partial charge >= 0.3 is 0 Å². The molecule has 1 aromatic rings. The first-order valence-corrected chi connectivity index (χ1v) is 6.42. The maximum absolute atomic E-state index is 11.7. The smallest absolute Gasteiger partial charge is 0.237 e. The third-order valence-corrected chi connectivity index (χ3v) is 4.18. The molecule has 0 aliphatic heterocycles. The van der Waals surface area contributed by atoms with E-state index in [1.54, 1.807) is 18.3 Å². The summed E-state index contributed by atoms with van der Waals surface area (Å²) in [4.78, 5) is 16.2. The molecular weight excluding hydrogens is 222 g/mol. The van der Waals surface area contributed by atoms with Crippen molar-refractivity contribution in [2.24, 2.45) is 5.73 Å². The molecule has 16 heavy (non-hydrogen) atoms. The van der Waals surface area contributed by atoms with Crippen LogP contribution in [0.1, 0.15) is 36.9 Å². The highest BCUT2D eigenvalue weighted by molar-refractivity contribution is 7.09. The number of nitrogens with two attached hydrogens (primary N) is 1. The average molecular weight is 239 g/mol. The summed E-state index contributed by atoms with van der Waals surface area (Å²) in [5, 5.41) is 6.08. The Morgan fingerprint density at radius 2 is 2.38 bits per heavy atom. The predicted octanol–water partition coefficient (Wildman–Crippen LogP) is 1.29. The first-order valence-electron chi connectivity index (χ1n) is 5.54. The molecule has 1 atom stereocenters. The van der Waals surface area contributed by atoms with Crippen molar-refractivity contribution in [1.29, 1.82) is 0 Å². The van der Waals surface area contributed by atoms with E-state index in [9.17, 15) is 4.79 Å². The molecule has 2 rings (SSSR count). The normalized spacial score (nSPS) is 19.9. The van der Waals surface area contributed by atoms with Gasteiger partial charge in [0, 0.05) is 11.1 Å². The second-order valence-electron chi connectivity index (χ2n) is 4.51. The lowest BCUT2D eigenvalue weighted by molar-refractivity contribution is -0.125. The van der Waals surface area contributed by atoms with Gasteiger partial charge in [-0.25, -0.2) is 4.98 Å². The van der Waals surface area contributed by atoms with Crippen LogP contribution in [0.4, 0.5) is 0 Å². The largest absolute Gasteiger partial charge is 0.343 e. The molecule has 1 saturated carbocycles. The number of nitrogens with zero attached hydrogens (tertiary/aromatic N) is 1. The number of aryl methyl sites for hydroxylation is 1. The van der Waals surface area contributed by atoms with E-state index in [0.717, 1.165) is 30.0 Å². The molecule has 3 N–H and O–H groups in total. The van der Waals surface area contributed by atoms with Crippen molar-refractivity contribution in [2.75, 3.05) is 0 Å². The van der Waals surface area contributed by atoms with E-state index < -0.39 is 6.04 Å². The van der Waals surface area contributed by atoms with E-state index >= 15 is 0 Å². The molecule has 1 amide bonds. The maximum atomic E-state index is 11.7. The molecule has 1 aliphatic rings. The molecule has 0 aromatic carbocycles. The van der Waals surface area contributed by atoms with Gasteiger partial charge in [-0.2, -0.15) is 0 Å². The van der Waals surface area contributed by atoms with Crippen LogP contribution >= 0.6 is 11.3 Å². The van der Waals surface area contributed by atoms with Gasteiger partial charge in [-0.15, -0.1) is 11.3 Å². The van der Waals surface area contributed by atoms with Crippen molar-refractivity contribution in [3.63, 3.8) is 0 Å². The fourth-order valence-electron chi connectivity index (χ4n) is 1.85. The average Bonchev–Trinajstić information content (AvgIpc) is 2.58. The molecular formula is C11H17N3OS. The number of aromatic nitrogens is 1. The SMILES string of the molecule is Cc1csc(C2(NC(=O)C(C)N)CCC2)n1. The summed E-state index contributed by atoms with van der Waals surface area (Å²) in [6, 6.07) is -0.460. The number of rotatable bonds is 3. The zero-order valence-corrected chi connectivity index (χ0v) is 10.4. The van der Waals surface area contributed by atoms with Gasteiger partial charge < -0.3 is 11.1 Å². The Kier molecular flexibility index (Phi) is 2.99. The number of thiazole rings is 1. The van der Waals surface area contributed by atoms with Crippen LogP contribution in [0.25, 0.3) is 0 Å². The Balaban J connectivity index is 2.17. The third kappa shape index (κ3) is 1.97. The van der Waals surface area contributed by atoms with Gasteiger partial charge in [-0.05, 0) is 33.1 Å². The molecule has 4 nitrogen and oxygen atoms in total. The number of hydrogen-bond acceptors (Lipinski definition) is 4. The van der Waals surface area contributed by atoms with E-state index in [4.69, 9.17) is 5.73 Å². The highest BCUT2D eigenvalue weighted by Gasteiger charge is 2.42. The quantitative estimate of drug-likeness (QED) is 0.835. The Labute approximate surface area is 99.3 Å². The molecule has 1 aliphatic carbocycles. The fourth-order valence-corrected chi connectivity index (χ4v) is 2.86. The zero-order chi connectivity index (χ0) is 11.8. The van der Waals surface area contributed by atoms with Gasteiger partial charge in [-0.3, -0.25) is 4.79 Å². The molecule has 1 fully saturated rings. The minimum Gasteiger partial charge on any atom is -0.343 e. The zero-order valence-electron chi connectivity index (χ0n) is 9.62. The number of carbonyl (C=O) groups excluding carboxylic acids is 1. The second-order valence-corrected chi connectivity index (χ2v) is 5.37. The number of amides is 1. The minimum atomic E-state index is -0.460. The van der Waals surface area contributed by atoms with Gasteiger partial charge in [0.15, 0.2) is 0 Å². The number of carbonyl (C=O) groups is 1. The van der Waals surface area contributed by atoms with Gasteiger partial charge in [0.25, 0.3) is 0 Å². The van der Waals surface area contributed by atoms with E-state index in [1.807, 2.05) is 12.3 Å². The summed E-state index contributed by atoms with van der Waals surface area (Å²) < 4.78 is 0. The van der Waals surface area contributed by atoms with Crippen molar-refractivity contribution >= 4 is 17.2 Å². The molecule has 0 spiro atoms. The van der Waals surface area contributed by atoms with Crippen molar-refractivity contribution in [2.45, 2.75) is 44.7 Å². The van der Waals surface area contributed by atoms with Gasteiger partial charge in [0.05, 0.1) is 11.6 Å². The molecule has 5 heteroatoms. The molecule has 88 valence electrons. The Bertz CT molecular complexity index is 396. The molecule has 0 bridgehead atoms. The highest BCUT2D eigenvalue weighted by atomic mass is 32.1. The predicted molar refractivity (Wildman–Crippen MR) is 64.2 cm³/mol. The van der Waals surface area contributed by atoms with Crippen LogP contribution in [0.5, 0.6) is 0 Å². The number of nitrogens with one attached hydrogen (secondary N) is 1. The van der Waals surface area contributed by atoms with Gasteiger partial charge in [-0.1, -0.05) is 0 Å². The van der Waals surface area contributed by atoms with Crippen LogP contribution in [0.3, 0.4) is 0 Å². The van der Waals surface area contributed by atoms with Crippen LogP contribution in [0, 0.1) is 6.92 Å². The van der Waals surface area contributed by atoms with Crippen LogP contribution in [-0.2, 0) is 10.3 Å². The van der Waals surface area contributed by atoms with Crippen molar-refractivity contribution < 1.29 is 4.79 Å². The Morgan fingerprint density at radius 1 is 1.69 bits per heavy atom. The lowest BCUT2D eigenvalue weighted by Gasteiger charge is -2.41. The van der Waals surface area contributed by atoms with Gasteiger partial charge in [0.2, 0.25) is 5.91 Å². The lowest BCUT2D eigenvalue weighted by Crippen LogP contribution is -2.54. The summed E-state index contributed by atoms with van der Waals surface area (Å²) in [6.45, 7) is 3.68. The second kappa shape index (κ2) is 4.14. The summed E-state index contributed by atoms with van der Waals surface area (Å²) in [7, 11) is 0. The fraction of sp³-hybridized carbons (Fsp3) is 0.636. The Morgan fingerprint density at radius 3 is 2.75 bits per heavy atom. The van der Waals surface area contributed by atoms with Crippen LogP contribution in [0.2, 0.25) is 0 Å². The van der Waals surface area contributed by atoms with E-state index in [0.29, 0.717) is 0 Å². The van der Waals surface area contributed by atoms with Crippen LogP contribution < -0.4 is 11.1 Å². The molecule has 0 saturated heterocycles. The summed E-state index contributed by atoms with van der Waals surface area (Å²) in [6.07, 6.45) is 3.08. The standard InChI is InChI=1S/C11H17N3OS/c1-7-6-16-10(13-7)11(4-3-5-11)14-9(15)8(2)12/h6,8H,3-5,12H2,1-2H3,(H,14,15). The maximum Gasteiger partial charge on any atom is 0.237 e. The summed E-state index contributed by atoms with van der Waals surface area (Å²) in [5.74, 6) is -0.0902. The van der Waals surface area contributed by atoms with Crippen molar-refractivity contribution in [3.8, 4) is 0 Å². The summed E-state index contributed by atoms with van der Waals surface area (Å²) in [5.41, 5.74) is 6.36. The molecule has 1 unspecified atom stereocenters.